The first kappa shape index (κ1) is 14.0. The van der Waals surface area contributed by atoms with Crippen LogP contribution in [0, 0.1) is 0 Å². The summed E-state index contributed by atoms with van der Waals surface area (Å²) in [7, 11) is 1.52. The number of ether oxygens (including phenoxy) is 2. The van der Waals surface area contributed by atoms with Gasteiger partial charge in [0.2, 0.25) is 0 Å². The Kier molecular flexibility index (Phi) is 4.20. The summed E-state index contributed by atoms with van der Waals surface area (Å²) in [4.78, 5) is 9.52. The zero-order valence-electron chi connectivity index (χ0n) is 10.4. The highest BCUT2D eigenvalue weighted by atomic mass is 19.4. The SMILES string of the molecule is COCc1cc(N2CCO[C@@H](C(F)(F)F)C2)ncn1. The summed E-state index contributed by atoms with van der Waals surface area (Å²) < 4.78 is 47.5. The van der Waals surface area contributed by atoms with E-state index < -0.39 is 12.3 Å². The van der Waals surface area contributed by atoms with E-state index in [9.17, 15) is 13.2 Å². The van der Waals surface area contributed by atoms with Crippen molar-refractivity contribution in [2.75, 3.05) is 31.7 Å². The zero-order chi connectivity index (χ0) is 13.9. The molecule has 1 saturated heterocycles. The van der Waals surface area contributed by atoms with E-state index in [1.54, 1.807) is 11.0 Å². The molecular formula is C11H14F3N3O2. The molecule has 1 aliphatic rings. The van der Waals surface area contributed by atoms with Gasteiger partial charge in [-0.05, 0) is 0 Å². The number of methoxy groups -OCH3 is 1. The Morgan fingerprint density at radius 3 is 2.95 bits per heavy atom. The van der Waals surface area contributed by atoms with Gasteiger partial charge in [0.05, 0.1) is 25.5 Å². The zero-order valence-corrected chi connectivity index (χ0v) is 10.4. The minimum absolute atomic E-state index is 0.0216. The largest absolute Gasteiger partial charge is 0.416 e. The van der Waals surface area contributed by atoms with Gasteiger partial charge in [0.25, 0.3) is 0 Å². The molecule has 1 fully saturated rings. The summed E-state index contributed by atoms with van der Waals surface area (Å²) in [6.45, 7) is 0.430. The van der Waals surface area contributed by atoms with Gasteiger partial charge in [0.15, 0.2) is 6.10 Å². The maximum absolute atomic E-state index is 12.6. The van der Waals surface area contributed by atoms with Crippen LogP contribution in [0.2, 0.25) is 0 Å². The van der Waals surface area contributed by atoms with Gasteiger partial charge in [-0.15, -0.1) is 0 Å². The summed E-state index contributed by atoms with van der Waals surface area (Å²) in [5.74, 6) is 0.458. The second-order valence-electron chi connectivity index (χ2n) is 4.15. The van der Waals surface area contributed by atoms with Gasteiger partial charge in [0, 0.05) is 19.7 Å². The Morgan fingerprint density at radius 1 is 1.47 bits per heavy atom. The molecule has 0 aromatic carbocycles. The summed E-state index contributed by atoms with van der Waals surface area (Å²) in [6, 6.07) is 1.63. The second kappa shape index (κ2) is 5.70. The molecule has 0 N–H and O–H groups in total. The molecule has 0 aliphatic carbocycles. The Hall–Kier alpha value is -1.41. The van der Waals surface area contributed by atoms with Crippen LogP contribution in [0.15, 0.2) is 12.4 Å². The predicted molar refractivity (Wildman–Crippen MR) is 60.8 cm³/mol. The van der Waals surface area contributed by atoms with Crippen LogP contribution in [-0.4, -0.2) is 49.1 Å². The standard InChI is InChI=1S/C11H14F3N3O2/c1-18-6-8-4-10(16-7-15-8)17-2-3-19-9(5-17)11(12,13)14/h4,7,9H,2-3,5-6H2,1H3/t9-/m1/s1. The highest BCUT2D eigenvalue weighted by Gasteiger charge is 2.43. The van der Waals surface area contributed by atoms with Crippen molar-refractivity contribution in [3.8, 4) is 0 Å². The monoisotopic (exact) mass is 277 g/mol. The van der Waals surface area contributed by atoms with E-state index in [1.165, 1.54) is 13.4 Å². The summed E-state index contributed by atoms with van der Waals surface area (Å²) in [5, 5.41) is 0. The minimum Gasteiger partial charge on any atom is -0.378 e. The molecule has 0 spiro atoms. The number of halogens is 3. The average molecular weight is 277 g/mol. The van der Waals surface area contributed by atoms with Gasteiger partial charge in [-0.3, -0.25) is 0 Å². The highest BCUT2D eigenvalue weighted by Crippen LogP contribution is 2.27. The third-order valence-corrected chi connectivity index (χ3v) is 2.76. The van der Waals surface area contributed by atoms with E-state index in [-0.39, 0.29) is 13.2 Å². The van der Waals surface area contributed by atoms with E-state index in [4.69, 9.17) is 9.47 Å². The number of aromatic nitrogens is 2. The molecule has 2 rings (SSSR count). The lowest BCUT2D eigenvalue weighted by Crippen LogP contribution is -2.49. The van der Waals surface area contributed by atoms with E-state index in [0.29, 0.717) is 24.7 Å². The maximum Gasteiger partial charge on any atom is 0.416 e. The number of alkyl halides is 3. The van der Waals surface area contributed by atoms with E-state index >= 15 is 0 Å². The Labute approximate surface area is 108 Å². The van der Waals surface area contributed by atoms with E-state index in [0.717, 1.165) is 0 Å². The topological polar surface area (TPSA) is 47.5 Å². The van der Waals surface area contributed by atoms with Gasteiger partial charge in [-0.25, -0.2) is 9.97 Å². The Balaban J connectivity index is 2.10. The Bertz CT molecular complexity index is 428. The molecule has 1 atom stereocenters. The van der Waals surface area contributed by atoms with Crippen LogP contribution in [0.25, 0.3) is 0 Å². The fourth-order valence-corrected chi connectivity index (χ4v) is 1.84. The van der Waals surface area contributed by atoms with Crippen LogP contribution >= 0.6 is 0 Å². The quantitative estimate of drug-likeness (QED) is 0.835. The molecule has 0 amide bonds. The van der Waals surface area contributed by atoms with Gasteiger partial charge < -0.3 is 14.4 Å². The molecule has 106 valence electrons. The first-order valence-corrected chi connectivity index (χ1v) is 5.74. The van der Waals surface area contributed by atoms with Crippen LogP contribution < -0.4 is 4.90 Å². The van der Waals surface area contributed by atoms with Crippen LogP contribution in [0.4, 0.5) is 19.0 Å². The van der Waals surface area contributed by atoms with Crippen molar-refractivity contribution in [2.45, 2.75) is 18.9 Å². The van der Waals surface area contributed by atoms with Gasteiger partial charge in [-0.1, -0.05) is 0 Å². The molecule has 2 heterocycles. The molecule has 8 heteroatoms. The normalized spacial score (nSPS) is 20.6. The molecule has 1 aromatic rings. The molecule has 5 nitrogen and oxygen atoms in total. The molecule has 0 saturated carbocycles. The van der Waals surface area contributed by atoms with Gasteiger partial charge in [0.1, 0.15) is 12.1 Å². The number of nitrogens with zero attached hydrogens (tertiary/aromatic N) is 3. The maximum atomic E-state index is 12.6. The molecule has 0 radical (unpaired) electrons. The van der Waals surface area contributed by atoms with Crippen molar-refractivity contribution >= 4 is 5.82 Å². The van der Waals surface area contributed by atoms with Crippen LogP contribution in [0.3, 0.4) is 0 Å². The van der Waals surface area contributed by atoms with Crippen molar-refractivity contribution in [1.82, 2.24) is 9.97 Å². The second-order valence-corrected chi connectivity index (χ2v) is 4.15. The fraction of sp³-hybridized carbons (Fsp3) is 0.636. The van der Waals surface area contributed by atoms with Gasteiger partial charge in [-0.2, -0.15) is 13.2 Å². The lowest BCUT2D eigenvalue weighted by atomic mass is 10.2. The van der Waals surface area contributed by atoms with Crippen molar-refractivity contribution in [3.05, 3.63) is 18.1 Å². The predicted octanol–water partition coefficient (Wildman–Crippen LogP) is 1.39. The molecular weight excluding hydrogens is 263 g/mol. The van der Waals surface area contributed by atoms with Crippen molar-refractivity contribution in [2.24, 2.45) is 0 Å². The van der Waals surface area contributed by atoms with Crippen LogP contribution in [-0.2, 0) is 16.1 Å². The highest BCUT2D eigenvalue weighted by molar-refractivity contribution is 5.39. The number of morpholine rings is 1. The van der Waals surface area contributed by atoms with Crippen molar-refractivity contribution in [1.29, 1.82) is 0 Å². The molecule has 1 aromatic heterocycles. The van der Waals surface area contributed by atoms with Crippen LogP contribution in [0.5, 0.6) is 0 Å². The molecule has 0 bridgehead atoms. The summed E-state index contributed by atoms with van der Waals surface area (Å²) in [6.07, 6.45) is -4.81. The summed E-state index contributed by atoms with van der Waals surface area (Å²) >= 11 is 0. The number of hydrogen-bond acceptors (Lipinski definition) is 5. The first-order chi connectivity index (χ1) is 9.00. The van der Waals surface area contributed by atoms with Crippen LogP contribution in [0.1, 0.15) is 5.69 Å². The lowest BCUT2D eigenvalue weighted by Gasteiger charge is -2.34. The fourth-order valence-electron chi connectivity index (χ4n) is 1.84. The molecule has 19 heavy (non-hydrogen) atoms. The van der Waals surface area contributed by atoms with Crippen molar-refractivity contribution < 1.29 is 22.6 Å². The summed E-state index contributed by atoms with van der Waals surface area (Å²) in [5.41, 5.74) is 0.627. The number of rotatable bonds is 3. The first-order valence-electron chi connectivity index (χ1n) is 5.74. The minimum atomic E-state index is -4.36. The average Bonchev–Trinajstić information content (AvgIpc) is 2.39. The number of anilines is 1. The lowest BCUT2D eigenvalue weighted by molar-refractivity contribution is -0.221. The molecule has 1 aliphatic heterocycles. The van der Waals surface area contributed by atoms with E-state index in [1.807, 2.05) is 0 Å². The number of hydrogen-bond donors (Lipinski definition) is 0. The third kappa shape index (κ3) is 3.54. The smallest absolute Gasteiger partial charge is 0.378 e. The Morgan fingerprint density at radius 2 is 2.26 bits per heavy atom. The molecule has 0 unspecified atom stereocenters. The van der Waals surface area contributed by atoms with E-state index in [2.05, 4.69) is 9.97 Å². The van der Waals surface area contributed by atoms with Gasteiger partial charge >= 0.3 is 6.18 Å². The van der Waals surface area contributed by atoms with Crippen molar-refractivity contribution in [3.63, 3.8) is 0 Å². The third-order valence-electron chi connectivity index (χ3n) is 2.76.